The molecule has 1 rings (SSSR count). The van der Waals surface area contributed by atoms with Crippen LogP contribution in [-0.2, 0) is 5.92 Å². The summed E-state index contributed by atoms with van der Waals surface area (Å²) in [5, 5.41) is 4.49. The maximum atomic E-state index is 12.5. The standard InChI is InChI=1S/C4F5IN2S/c5-3(6,4(7,8)9)1-11-12-2(10)13-1. The fraction of sp³-hybridized carbons (Fsp3) is 0.500. The summed E-state index contributed by atoms with van der Waals surface area (Å²) in [4.78, 5) is 0. The van der Waals surface area contributed by atoms with Crippen LogP contribution < -0.4 is 0 Å². The second-order valence-corrected chi connectivity index (χ2v) is 4.66. The first-order valence-electron chi connectivity index (χ1n) is 2.69. The van der Waals surface area contributed by atoms with Crippen LogP contribution in [0.3, 0.4) is 0 Å². The topological polar surface area (TPSA) is 25.8 Å². The Morgan fingerprint density at radius 1 is 1.08 bits per heavy atom. The van der Waals surface area contributed by atoms with Crippen LogP contribution in [0.1, 0.15) is 5.01 Å². The van der Waals surface area contributed by atoms with Crippen molar-refractivity contribution in [3.05, 3.63) is 8.02 Å². The Hall–Kier alpha value is -0.0600. The van der Waals surface area contributed by atoms with Gasteiger partial charge < -0.3 is 0 Å². The van der Waals surface area contributed by atoms with E-state index in [0.717, 1.165) is 0 Å². The van der Waals surface area contributed by atoms with E-state index in [0.29, 0.717) is 0 Å². The van der Waals surface area contributed by atoms with Crippen molar-refractivity contribution in [2.24, 2.45) is 0 Å². The number of aromatic nitrogens is 2. The maximum Gasteiger partial charge on any atom is 0.460 e. The molecule has 0 fully saturated rings. The Balaban J connectivity index is 3.07. The number of halogens is 6. The van der Waals surface area contributed by atoms with Gasteiger partial charge in [0.05, 0.1) is 0 Å². The van der Waals surface area contributed by atoms with Gasteiger partial charge in [-0.05, 0) is 22.6 Å². The first-order valence-corrected chi connectivity index (χ1v) is 4.58. The Kier molecular flexibility index (Phi) is 2.76. The van der Waals surface area contributed by atoms with Gasteiger partial charge in [0.1, 0.15) is 0 Å². The Morgan fingerprint density at radius 3 is 1.92 bits per heavy atom. The zero-order valence-corrected chi connectivity index (χ0v) is 8.54. The normalized spacial score (nSPS) is 13.4. The zero-order valence-electron chi connectivity index (χ0n) is 5.57. The van der Waals surface area contributed by atoms with E-state index in [1.165, 1.54) is 22.6 Å². The molecule has 13 heavy (non-hydrogen) atoms. The minimum absolute atomic E-state index is 0.0384. The molecule has 0 atom stereocenters. The molecular weight excluding hydrogens is 330 g/mol. The van der Waals surface area contributed by atoms with E-state index in [1.54, 1.807) is 0 Å². The summed E-state index contributed by atoms with van der Waals surface area (Å²) < 4.78 is 60.1. The smallest absolute Gasteiger partial charge is 0.188 e. The Bertz CT molecular complexity index is 308. The summed E-state index contributed by atoms with van der Waals surface area (Å²) in [6.45, 7) is 0. The van der Waals surface area contributed by atoms with Crippen LogP contribution in [0.25, 0.3) is 0 Å². The van der Waals surface area contributed by atoms with E-state index < -0.39 is 17.1 Å². The van der Waals surface area contributed by atoms with Crippen molar-refractivity contribution in [3.8, 4) is 0 Å². The molecule has 0 amide bonds. The molecule has 0 aliphatic heterocycles. The molecule has 0 spiro atoms. The first kappa shape index (κ1) is 11.0. The van der Waals surface area contributed by atoms with Gasteiger partial charge in [0.15, 0.2) is 8.02 Å². The first-order chi connectivity index (χ1) is 5.75. The molecule has 0 aliphatic carbocycles. The fourth-order valence-electron chi connectivity index (χ4n) is 0.453. The van der Waals surface area contributed by atoms with Crippen molar-refractivity contribution in [1.29, 1.82) is 0 Å². The maximum absolute atomic E-state index is 12.5. The highest BCUT2D eigenvalue weighted by atomic mass is 127. The van der Waals surface area contributed by atoms with Crippen LogP contribution in [0.5, 0.6) is 0 Å². The molecule has 0 saturated carbocycles. The van der Waals surface area contributed by atoms with Crippen molar-refractivity contribution in [2.75, 3.05) is 0 Å². The molecular formula is C4F5IN2S. The summed E-state index contributed by atoms with van der Waals surface area (Å²) in [6, 6.07) is 0. The molecule has 1 aromatic heterocycles. The zero-order chi connectivity index (χ0) is 10.3. The van der Waals surface area contributed by atoms with Gasteiger partial charge >= 0.3 is 12.1 Å². The molecule has 0 radical (unpaired) electrons. The minimum Gasteiger partial charge on any atom is -0.188 e. The van der Waals surface area contributed by atoms with E-state index >= 15 is 0 Å². The van der Waals surface area contributed by atoms with E-state index in [-0.39, 0.29) is 14.4 Å². The molecule has 0 N–H and O–H groups in total. The van der Waals surface area contributed by atoms with Crippen molar-refractivity contribution in [1.82, 2.24) is 10.2 Å². The van der Waals surface area contributed by atoms with Crippen molar-refractivity contribution >= 4 is 33.9 Å². The predicted molar refractivity (Wildman–Crippen MR) is 42.6 cm³/mol. The van der Waals surface area contributed by atoms with Crippen molar-refractivity contribution in [2.45, 2.75) is 12.1 Å². The summed E-state index contributed by atoms with van der Waals surface area (Å²) in [5.41, 5.74) is 0. The number of rotatable bonds is 1. The van der Waals surface area contributed by atoms with E-state index in [4.69, 9.17) is 0 Å². The fourth-order valence-corrected chi connectivity index (χ4v) is 1.75. The highest BCUT2D eigenvalue weighted by molar-refractivity contribution is 14.1. The van der Waals surface area contributed by atoms with Gasteiger partial charge in [-0.3, -0.25) is 0 Å². The van der Waals surface area contributed by atoms with Gasteiger partial charge in [-0.25, -0.2) is 0 Å². The number of alkyl halides is 5. The largest absolute Gasteiger partial charge is 0.460 e. The molecule has 1 aromatic rings. The summed E-state index contributed by atoms with van der Waals surface area (Å²) in [5.74, 6) is -4.91. The van der Waals surface area contributed by atoms with Crippen LogP contribution in [0, 0.1) is 3.01 Å². The second kappa shape index (κ2) is 3.26. The van der Waals surface area contributed by atoms with Crippen LogP contribution >= 0.6 is 33.9 Å². The second-order valence-electron chi connectivity index (χ2n) is 1.93. The molecule has 9 heteroatoms. The molecule has 0 saturated heterocycles. The predicted octanol–water partition coefficient (Wildman–Crippen LogP) is 2.80. The number of hydrogen-bond acceptors (Lipinski definition) is 3. The highest BCUT2D eigenvalue weighted by Gasteiger charge is 2.61. The molecule has 0 aromatic carbocycles. The van der Waals surface area contributed by atoms with Gasteiger partial charge in [0, 0.05) is 0 Å². The summed E-state index contributed by atoms with van der Waals surface area (Å²) >= 11 is 1.73. The van der Waals surface area contributed by atoms with Crippen LogP contribution in [0.4, 0.5) is 22.0 Å². The lowest BCUT2D eigenvalue weighted by Gasteiger charge is -2.15. The average Bonchev–Trinajstić information content (AvgIpc) is 2.33. The molecule has 1 heterocycles. The average molecular weight is 330 g/mol. The van der Waals surface area contributed by atoms with E-state index in [9.17, 15) is 22.0 Å². The SMILES string of the molecule is FC(F)(F)C(F)(F)c1nnc(I)s1. The lowest BCUT2D eigenvalue weighted by atomic mass is 10.3. The third-order valence-electron chi connectivity index (χ3n) is 1.02. The Morgan fingerprint density at radius 2 is 1.62 bits per heavy atom. The van der Waals surface area contributed by atoms with Crippen molar-refractivity contribution in [3.63, 3.8) is 0 Å². The van der Waals surface area contributed by atoms with Gasteiger partial charge in [-0.15, -0.1) is 10.2 Å². The van der Waals surface area contributed by atoms with Crippen LogP contribution in [0.15, 0.2) is 0 Å². The minimum atomic E-state index is -5.62. The van der Waals surface area contributed by atoms with E-state index in [1.807, 2.05) is 0 Å². The summed E-state index contributed by atoms with van der Waals surface area (Å²) in [7, 11) is 0. The van der Waals surface area contributed by atoms with Crippen LogP contribution in [0.2, 0.25) is 0 Å². The molecule has 0 unspecified atom stereocenters. The number of nitrogens with zero attached hydrogens (tertiary/aromatic N) is 2. The third-order valence-corrected chi connectivity index (χ3v) is 2.68. The van der Waals surface area contributed by atoms with Crippen LogP contribution in [-0.4, -0.2) is 16.4 Å². The van der Waals surface area contributed by atoms with E-state index in [2.05, 4.69) is 10.2 Å². The molecule has 2 nitrogen and oxygen atoms in total. The Labute approximate surface area is 86.3 Å². The molecule has 74 valence electrons. The lowest BCUT2D eigenvalue weighted by molar-refractivity contribution is -0.289. The molecule has 0 aliphatic rings. The van der Waals surface area contributed by atoms with Crippen molar-refractivity contribution < 1.29 is 22.0 Å². The van der Waals surface area contributed by atoms with Gasteiger partial charge in [0.2, 0.25) is 0 Å². The molecule has 0 bridgehead atoms. The lowest BCUT2D eigenvalue weighted by Crippen LogP contribution is -2.33. The van der Waals surface area contributed by atoms with Gasteiger partial charge in [-0.1, -0.05) is 11.3 Å². The summed E-state index contributed by atoms with van der Waals surface area (Å²) in [6.07, 6.45) is -5.62. The monoisotopic (exact) mass is 330 g/mol. The third kappa shape index (κ3) is 2.06. The highest BCUT2D eigenvalue weighted by Crippen LogP contribution is 2.44. The van der Waals surface area contributed by atoms with Gasteiger partial charge in [-0.2, -0.15) is 22.0 Å². The van der Waals surface area contributed by atoms with Gasteiger partial charge in [0.25, 0.3) is 0 Å². The number of hydrogen-bond donors (Lipinski definition) is 0. The quantitative estimate of drug-likeness (QED) is 0.585.